The van der Waals surface area contributed by atoms with Gasteiger partial charge in [0.05, 0.1) is 16.9 Å². The van der Waals surface area contributed by atoms with E-state index in [2.05, 4.69) is 20.1 Å². The molecule has 16 heteroatoms. The Morgan fingerprint density at radius 1 is 1.07 bits per heavy atom. The van der Waals surface area contributed by atoms with E-state index in [9.17, 15) is 35.2 Å². The van der Waals surface area contributed by atoms with Crippen LogP contribution in [0.2, 0.25) is 0 Å². The first-order chi connectivity index (χ1) is 18.4. The Morgan fingerprint density at radius 3 is 2.23 bits per heavy atom. The molecule has 0 saturated heterocycles. The van der Waals surface area contributed by atoms with Crippen LogP contribution in [0.5, 0.6) is 0 Å². The lowest BCUT2D eigenvalue weighted by Gasteiger charge is -2.32. The van der Waals surface area contributed by atoms with Gasteiger partial charge in [0.15, 0.2) is 10.8 Å². The minimum Gasteiger partial charge on any atom is -0.379 e. The number of nitrogens with zero attached hydrogens (tertiary/aromatic N) is 4. The molecule has 1 N–H and O–H groups in total. The molecule has 0 aliphatic rings. The van der Waals surface area contributed by atoms with Gasteiger partial charge in [0.1, 0.15) is 11.6 Å². The number of nitrogens with one attached hydrogen (secondary N) is 1. The summed E-state index contributed by atoms with van der Waals surface area (Å²) >= 11 is 0.851. The molecule has 0 bridgehead atoms. The average Bonchev–Trinajstić information content (AvgIpc) is 3.38. The number of anilines is 2. The molecule has 0 fully saturated rings. The Bertz CT molecular complexity index is 1480. The predicted molar refractivity (Wildman–Crippen MR) is 138 cm³/mol. The number of aromatic nitrogens is 2. The van der Waals surface area contributed by atoms with E-state index in [0.717, 1.165) is 40.4 Å². The maximum Gasteiger partial charge on any atom is 0.493 e. The molecule has 2 aromatic heterocycles. The molecule has 2 heterocycles. The Labute approximate surface area is 231 Å². The summed E-state index contributed by atoms with van der Waals surface area (Å²) in [4.78, 5) is 25.0. The van der Waals surface area contributed by atoms with Crippen molar-refractivity contribution >= 4 is 38.8 Å². The number of benzene rings is 1. The lowest BCUT2D eigenvalue weighted by Crippen LogP contribution is -2.39. The number of halogens is 5. The van der Waals surface area contributed by atoms with Gasteiger partial charge in [0, 0.05) is 35.1 Å². The number of hydrogen-bond acceptors (Lipinski definition) is 9. The molecule has 0 atom stereocenters. The highest BCUT2D eigenvalue weighted by molar-refractivity contribution is 7.92. The van der Waals surface area contributed by atoms with E-state index in [-0.39, 0.29) is 45.6 Å². The highest BCUT2D eigenvalue weighted by atomic mass is 32.2. The van der Waals surface area contributed by atoms with Gasteiger partial charge in [-0.2, -0.15) is 21.6 Å². The van der Waals surface area contributed by atoms with Crippen molar-refractivity contribution in [1.29, 1.82) is 0 Å². The Balaban J connectivity index is 1.89. The van der Waals surface area contributed by atoms with E-state index in [1.807, 2.05) is 25.7 Å². The maximum atomic E-state index is 14.8. The van der Waals surface area contributed by atoms with Crippen molar-refractivity contribution < 1.29 is 40.0 Å². The van der Waals surface area contributed by atoms with Gasteiger partial charge < -0.3 is 10.2 Å². The Morgan fingerprint density at radius 2 is 1.70 bits per heavy atom. The number of carbonyl (C=O) groups excluding carboxylic acids is 1. The molecule has 3 rings (SSSR count). The van der Waals surface area contributed by atoms with Gasteiger partial charge in [-0.15, -0.1) is 11.3 Å². The van der Waals surface area contributed by atoms with E-state index in [0.29, 0.717) is 0 Å². The molecule has 0 unspecified atom stereocenters. The molecule has 0 spiro atoms. The highest BCUT2D eigenvalue weighted by Gasteiger charge is 2.45. The Hall–Kier alpha value is -3.37. The third-order valence-corrected chi connectivity index (χ3v) is 7.89. The monoisotopic (exact) mass is 607 g/mol. The SMILES string of the molecule is Cc1nc(S(=O)(=O)N(OC(=O)C(F)(F)F)c2cscn2)ccc1NCc1c(F)ccc(F)c1CN(C)C(C)(C)C. The predicted octanol–water partition coefficient (Wildman–Crippen LogP) is 5.18. The summed E-state index contributed by atoms with van der Waals surface area (Å²) in [5, 5.41) is 3.21. The molecule has 0 amide bonds. The van der Waals surface area contributed by atoms with Gasteiger partial charge in [0.2, 0.25) is 0 Å². The van der Waals surface area contributed by atoms with Crippen LogP contribution in [0.3, 0.4) is 0 Å². The summed E-state index contributed by atoms with van der Waals surface area (Å²) in [5.74, 6) is -4.61. The van der Waals surface area contributed by atoms with Crippen LogP contribution in [-0.4, -0.2) is 48.0 Å². The number of carbonyl (C=O) groups is 1. The third-order valence-electron chi connectivity index (χ3n) is 5.86. The normalized spacial score (nSPS) is 12.5. The molecule has 9 nitrogen and oxygen atoms in total. The van der Waals surface area contributed by atoms with Crippen molar-refractivity contribution in [1.82, 2.24) is 14.9 Å². The summed E-state index contributed by atoms with van der Waals surface area (Å²) in [6, 6.07) is 4.25. The molecule has 0 aliphatic heterocycles. The number of rotatable bonds is 9. The van der Waals surface area contributed by atoms with Crippen molar-refractivity contribution in [3.63, 3.8) is 0 Å². The second-order valence-electron chi connectivity index (χ2n) is 9.60. The number of thiazole rings is 1. The molecular weight excluding hydrogens is 581 g/mol. The van der Waals surface area contributed by atoms with Gasteiger partial charge in [0.25, 0.3) is 0 Å². The van der Waals surface area contributed by atoms with Gasteiger partial charge in [-0.3, -0.25) is 4.90 Å². The van der Waals surface area contributed by atoms with Gasteiger partial charge in [-0.05, 0) is 59.0 Å². The fraction of sp³-hybridized carbons (Fsp3) is 0.375. The first-order valence-corrected chi connectivity index (χ1v) is 13.9. The van der Waals surface area contributed by atoms with Crippen molar-refractivity contribution in [2.75, 3.05) is 16.8 Å². The van der Waals surface area contributed by atoms with Crippen LogP contribution in [0.1, 0.15) is 37.6 Å². The van der Waals surface area contributed by atoms with Crippen molar-refractivity contribution in [2.24, 2.45) is 0 Å². The number of pyridine rings is 1. The summed E-state index contributed by atoms with van der Waals surface area (Å²) < 4.78 is 93.8. The highest BCUT2D eigenvalue weighted by Crippen LogP contribution is 2.28. The molecule has 3 aromatic rings. The molecule has 40 heavy (non-hydrogen) atoms. The number of sulfonamides is 1. The van der Waals surface area contributed by atoms with Gasteiger partial charge >= 0.3 is 22.2 Å². The van der Waals surface area contributed by atoms with Crippen LogP contribution in [0.15, 0.2) is 40.2 Å². The van der Waals surface area contributed by atoms with E-state index < -0.39 is 44.6 Å². The van der Waals surface area contributed by atoms with Gasteiger partial charge in [-0.1, -0.05) is 4.47 Å². The standard InChI is InChI=1S/C24H26F5N5O4S2/c1-14-19(30-10-15-16(11-33(5)23(2,3)4)18(26)7-6-17(15)25)8-9-21(32-14)40(36,37)34(20-12-39-13-31-20)38-22(35)24(27,28)29/h6-9,12-13,30H,10-11H2,1-5H3. The average molecular weight is 608 g/mol. The maximum absolute atomic E-state index is 14.8. The Kier molecular flexibility index (Phi) is 9.06. The van der Waals surface area contributed by atoms with E-state index in [4.69, 9.17) is 0 Å². The zero-order chi connectivity index (χ0) is 30.0. The summed E-state index contributed by atoms with van der Waals surface area (Å²) in [6.45, 7) is 7.10. The fourth-order valence-electron chi connectivity index (χ4n) is 3.25. The summed E-state index contributed by atoms with van der Waals surface area (Å²) in [5.41, 5.74) is 1.30. The molecule has 0 saturated carbocycles. The lowest BCUT2D eigenvalue weighted by molar-refractivity contribution is -0.199. The quantitative estimate of drug-likeness (QED) is 0.262. The van der Waals surface area contributed by atoms with Crippen LogP contribution in [0.25, 0.3) is 0 Å². The molecule has 218 valence electrons. The van der Waals surface area contributed by atoms with Crippen molar-refractivity contribution in [2.45, 2.75) is 57.5 Å². The second kappa shape index (κ2) is 11.6. The minimum absolute atomic E-state index is 0.0565. The topological polar surface area (TPSA) is 105 Å². The van der Waals surface area contributed by atoms with Crippen molar-refractivity contribution in [3.05, 3.63) is 63.6 Å². The van der Waals surface area contributed by atoms with Crippen LogP contribution < -0.4 is 9.79 Å². The van der Waals surface area contributed by atoms with E-state index in [1.165, 1.54) is 13.0 Å². The first kappa shape index (κ1) is 31.2. The molecule has 0 radical (unpaired) electrons. The third kappa shape index (κ3) is 7.03. The molecule has 1 aromatic carbocycles. The molecule has 0 aliphatic carbocycles. The smallest absolute Gasteiger partial charge is 0.379 e. The van der Waals surface area contributed by atoms with Crippen LogP contribution in [-0.2, 0) is 32.7 Å². The number of alkyl halides is 3. The molecular formula is C24H26F5N5O4S2. The van der Waals surface area contributed by atoms with Crippen LogP contribution in [0.4, 0.5) is 33.5 Å². The number of aryl methyl sites for hydroxylation is 1. The lowest BCUT2D eigenvalue weighted by atomic mass is 10.0. The first-order valence-electron chi connectivity index (χ1n) is 11.5. The van der Waals surface area contributed by atoms with Gasteiger partial charge in [-0.25, -0.2) is 23.5 Å². The summed E-state index contributed by atoms with van der Waals surface area (Å²) in [6.07, 6.45) is -5.48. The minimum atomic E-state index is -5.48. The largest absolute Gasteiger partial charge is 0.493 e. The zero-order valence-electron chi connectivity index (χ0n) is 22.0. The summed E-state index contributed by atoms with van der Waals surface area (Å²) in [7, 11) is -3.18. The fourth-order valence-corrected chi connectivity index (χ4v) is 5.00. The number of hydrogen-bond donors (Lipinski definition) is 1. The van der Waals surface area contributed by atoms with E-state index >= 15 is 0 Å². The van der Waals surface area contributed by atoms with Crippen LogP contribution >= 0.6 is 11.3 Å². The zero-order valence-corrected chi connectivity index (χ0v) is 23.6. The van der Waals surface area contributed by atoms with Crippen LogP contribution in [0, 0.1) is 18.6 Å². The second-order valence-corrected chi connectivity index (χ2v) is 12.0. The van der Waals surface area contributed by atoms with Crippen molar-refractivity contribution in [3.8, 4) is 0 Å². The van der Waals surface area contributed by atoms with E-state index in [1.54, 1.807) is 7.05 Å².